The first-order valence-corrected chi connectivity index (χ1v) is 10.6. The van der Waals surface area contributed by atoms with E-state index in [1.807, 2.05) is 72.8 Å². The summed E-state index contributed by atoms with van der Waals surface area (Å²) in [6.07, 6.45) is 0. The Balaban J connectivity index is 1.65. The van der Waals surface area contributed by atoms with E-state index >= 15 is 0 Å². The second-order valence-corrected chi connectivity index (χ2v) is 9.42. The Labute approximate surface area is 140 Å². The van der Waals surface area contributed by atoms with Crippen LogP contribution in [-0.4, -0.2) is 4.89 Å². The molecule has 118 valence electrons. The molecule has 3 aromatic carbocycles. The molecule has 0 amide bonds. The third-order valence-electron chi connectivity index (χ3n) is 3.60. The van der Waals surface area contributed by atoms with E-state index in [2.05, 4.69) is 5.09 Å². The first-order valence-electron chi connectivity index (χ1n) is 7.37. The molecular weight excluding hydrogens is 325 g/mol. The van der Waals surface area contributed by atoms with Crippen LogP contribution in [0.5, 0.6) is 0 Å². The summed E-state index contributed by atoms with van der Waals surface area (Å²) in [5.41, 5.74) is 2.07. The Kier molecular flexibility index (Phi) is 5.19. The van der Waals surface area contributed by atoms with Crippen molar-refractivity contribution >= 4 is 28.9 Å². The molecule has 1 atom stereocenters. The highest BCUT2D eigenvalue weighted by Crippen LogP contribution is 2.52. The molecular formula is C18H18NO2PS. The number of hydrogen-bond donors (Lipinski definition) is 2. The minimum atomic E-state index is -3.43. The molecule has 0 aliphatic heterocycles. The fraction of sp³-hybridized carbons (Fsp3) is 0.111. The Morgan fingerprint density at radius 1 is 0.913 bits per heavy atom. The molecule has 3 rings (SSSR count). The molecule has 0 saturated heterocycles. The molecule has 5 heteroatoms. The molecule has 3 aromatic rings. The van der Waals surface area contributed by atoms with E-state index in [0.29, 0.717) is 12.3 Å². The maximum Gasteiger partial charge on any atom is 0.324 e. The Morgan fingerprint density at radius 3 is 2.43 bits per heavy atom. The Bertz CT molecular complexity index is 833. The second kappa shape index (κ2) is 7.33. The monoisotopic (exact) mass is 343 g/mol. The van der Waals surface area contributed by atoms with Crippen molar-refractivity contribution in [2.75, 3.05) is 0 Å². The zero-order valence-electron chi connectivity index (χ0n) is 12.6. The van der Waals surface area contributed by atoms with Gasteiger partial charge in [-0.05, 0) is 33.3 Å². The van der Waals surface area contributed by atoms with Gasteiger partial charge in [0.25, 0.3) is 0 Å². The normalized spacial score (nSPS) is 13.8. The van der Waals surface area contributed by atoms with Gasteiger partial charge in [-0.1, -0.05) is 72.8 Å². The summed E-state index contributed by atoms with van der Waals surface area (Å²) in [5, 5.41) is 5.05. The van der Waals surface area contributed by atoms with Gasteiger partial charge in [0.1, 0.15) is 0 Å². The zero-order valence-corrected chi connectivity index (χ0v) is 14.3. The summed E-state index contributed by atoms with van der Waals surface area (Å²) in [7, 11) is 0. The molecule has 2 N–H and O–H groups in total. The van der Waals surface area contributed by atoms with E-state index in [1.165, 1.54) is 0 Å². The van der Waals surface area contributed by atoms with Gasteiger partial charge in [-0.15, -0.1) is 0 Å². The SMILES string of the molecule is O=P(O)(NCc1cccc2ccccc12)SCc1ccccc1. The van der Waals surface area contributed by atoms with E-state index in [1.54, 1.807) is 0 Å². The van der Waals surface area contributed by atoms with Crippen molar-refractivity contribution in [3.05, 3.63) is 83.9 Å². The van der Waals surface area contributed by atoms with Crippen LogP contribution in [0.3, 0.4) is 0 Å². The number of fused-ring (bicyclic) bond motifs is 1. The van der Waals surface area contributed by atoms with Crippen molar-refractivity contribution in [3.8, 4) is 0 Å². The molecule has 0 aromatic heterocycles. The van der Waals surface area contributed by atoms with Crippen LogP contribution in [0.4, 0.5) is 0 Å². The van der Waals surface area contributed by atoms with Crippen molar-refractivity contribution in [1.29, 1.82) is 0 Å². The van der Waals surface area contributed by atoms with Crippen LogP contribution in [0.1, 0.15) is 11.1 Å². The first kappa shape index (κ1) is 16.3. The summed E-state index contributed by atoms with van der Waals surface area (Å²) in [5.74, 6) is 0.511. The van der Waals surface area contributed by atoms with Crippen LogP contribution < -0.4 is 5.09 Å². The van der Waals surface area contributed by atoms with Crippen LogP contribution in [0.2, 0.25) is 0 Å². The molecule has 23 heavy (non-hydrogen) atoms. The molecule has 3 nitrogen and oxygen atoms in total. The van der Waals surface area contributed by atoms with Crippen LogP contribution in [0, 0.1) is 0 Å². The average molecular weight is 343 g/mol. The predicted molar refractivity (Wildman–Crippen MR) is 98.4 cm³/mol. The van der Waals surface area contributed by atoms with Crippen LogP contribution >= 0.6 is 18.1 Å². The molecule has 0 aliphatic rings. The zero-order chi connectivity index (χ0) is 16.1. The lowest BCUT2D eigenvalue weighted by Gasteiger charge is -2.14. The van der Waals surface area contributed by atoms with Gasteiger partial charge in [0, 0.05) is 12.3 Å². The minimum absolute atomic E-state index is 0.372. The highest BCUT2D eigenvalue weighted by Gasteiger charge is 2.18. The van der Waals surface area contributed by atoms with Gasteiger partial charge in [-0.25, -0.2) is 5.09 Å². The van der Waals surface area contributed by atoms with Gasteiger partial charge in [0.05, 0.1) is 0 Å². The van der Waals surface area contributed by atoms with E-state index in [9.17, 15) is 9.46 Å². The quantitative estimate of drug-likeness (QED) is 0.621. The maximum atomic E-state index is 12.3. The molecule has 1 unspecified atom stereocenters. The molecule has 0 saturated carbocycles. The highest BCUT2D eigenvalue weighted by molar-refractivity contribution is 8.55. The Hall–Kier alpha value is -1.58. The number of nitrogens with one attached hydrogen (secondary N) is 1. The summed E-state index contributed by atoms with van der Waals surface area (Å²) in [6, 6.07) is 23.8. The van der Waals surface area contributed by atoms with E-state index in [-0.39, 0.29) is 0 Å². The van der Waals surface area contributed by atoms with Gasteiger partial charge < -0.3 is 4.89 Å². The van der Waals surface area contributed by atoms with Crippen molar-refractivity contribution in [1.82, 2.24) is 5.09 Å². The smallest absolute Gasteiger partial charge is 0.324 e. The molecule has 0 aliphatic carbocycles. The first-order chi connectivity index (χ1) is 11.1. The highest BCUT2D eigenvalue weighted by atomic mass is 32.7. The van der Waals surface area contributed by atoms with Gasteiger partial charge in [-0.2, -0.15) is 0 Å². The van der Waals surface area contributed by atoms with Crippen LogP contribution in [0.15, 0.2) is 72.8 Å². The fourth-order valence-corrected chi connectivity index (χ4v) is 4.83. The molecule has 0 bridgehead atoms. The summed E-state index contributed by atoms with van der Waals surface area (Å²) in [6.45, 7) is -3.06. The summed E-state index contributed by atoms with van der Waals surface area (Å²) in [4.78, 5) is 10.1. The fourth-order valence-electron chi connectivity index (χ4n) is 2.41. The van der Waals surface area contributed by atoms with Crippen LogP contribution in [0.25, 0.3) is 10.8 Å². The largest absolute Gasteiger partial charge is 0.326 e. The third kappa shape index (κ3) is 4.46. The number of rotatable bonds is 6. The van der Waals surface area contributed by atoms with E-state index < -0.39 is 6.72 Å². The topological polar surface area (TPSA) is 49.3 Å². The molecule has 0 heterocycles. The van der Waals surface area contributed by atoms with E-state index in [0.717, 1.165) is 33.3 Å². The minimum Gasteiger partial charge on any atom is -0.326 e. The average Bonchev–Trinajstić information content (AvgIpc) is 2.59. The lowest BCUT2D eigenvalue weighted by Crippen LogP contribution is -2.08. The number of benzene rings is 3. The standard InChI is InChI=1S/C18H18NO2PS/c20-22(21,23-14-15-7-2-1-3-8-15)19-13-17-11-6-10-16-9-4-5-12-18(16)17/h1-12H,13-14H2,(H2,19,20,21). The van der Waals surface area contributed by atoms with Crippen molar-refractivity contribution in [2.45, 2.75) is 12.3 Å². The van der Waals surface area contributed by atoms with Crippen LogP contribution in [-0.2, 0) is 16.9 Å². The lowest BCUT2D eigenvalue weighted by molar-refractivity contribution is 0.482. The van der Waals surface area contributed by atoms with Gasteiger partial charge in [0.2, 0.25) is 0 Å². The van der Waals surface area contributed by atoms with E-state index in [4.69, 9.17) is 0 Å². The second-order valence-electron chi connectivity index (χ2n) is 5.25. The van der Waals surface area contributed by atoms with Gasteiger partial charge in [-0.3, -0.25) is 4.57 Å². The summed E-state index contributed by atoms with van der Waals surface area (Å²) < 4.78 is 12.3. The Morgan fingerprint density at radius 2 is 1.61 bits per heavy atom. The molecule has 0 spiro atoms. The third-order valence-corrected chi connectivity index (χ3v) is 6.79. The molecule has 0 fully saturated rings. The molecule has 0 radical (unpaired) electrons. The summed E-state index contributed by atoms with van der Waals surface area (Å²) >= 11 is 1.06. The number of hydrogen-bond acceptors (Lipinski definition) is 2. The van der Waals surface area contributed by atoms with Crippen molar-refractivity contribution in [3.63, 3.8) is 0 Å². The van der Waals surface area contributed by atoms with Crippen molar-refractivity contribution < 1.29 is 9.46 Å². The predicted octanol–water partition coefficient (Wildman–Crippen LogP) is 4.96. The lowest BCUT2D eigenvalue weighted by atomic mass is 10.1. The maximum absolute atomic E-state index is 12.3. The van der Waals surface area contributed by atoms with Gasteiger partial charge in [0.15, 0.2) is 0 Å². The van der Waals surface area contributed by atoms with Gasteiger partial charge >= 0.3 is 6.72 Å². The van der Waals surface area contributed by atoms with Crippen molar-refractivity contribution in [2.24, 2.45) is 0 Å².